The number of benzene rings is 2. The molecule has 3 aromatic rings. The monoisotopic (exact) mass is 516 g/mol. The van der Waals surface area contributed by atoms with Gasteiger partial charge in [-0.15, -0.1) is 24.0 Å². The smallest absolute Gasteiger partial charge is 0.250 e. The molecule has 1 heterocycles. The number of pyridine rings is 1. The summed E-state index contributed by atoms with van der Waals surface area (Å²) in [5.74, 6) is 0.768. The highest BCUT2D eigenvalue weighted by atomic mass is 127. The van der Waals surface area contributed by atoms with Gasteiger partial charge in [0.15, 0.2) is 5.96 Å². The first kappa shape index (κ1) is 23.7. The van der Waals surface area contributed by atoms with E-state index in [4.69, 9.17) is 0 Å². The Kier molecular flexibility index (Phi) is 9.11. The van der Waals surface area contributed by atoms with Crippen LogP contribution in [0.2, 0.25) is 0 Å². The van der Waals surface area contributed by atoms with E-state index in [1.807, 2.05) is 12.3 Å². The molecule has 6 heteroatoms. The second-order valence-corrected chi connectivity index (χ2v) is 7.19. The Hall–Kier alpha value is -2.61. The minimum Gasteiger partial charge on any atom is -0.352 e. The van der Waals surface area contributed by atoms with Crippen molar-refractivity contribution in [3.05, 3.63) is 105 Å². The highest BCUT2D eigenvalue weighted by Gasteiger charge is 2.03. The molecule has 1 aromatic heterocycles. The van der Waals surface area contributed by atoms with Gasteiger partial charge in [-0.3, -0.25) is 9.79 Å². The van der Waals surface area contributed by atoms with Gasteiger partial charge in [-0.1, -0.05) is 54.1 Å². The summed E-state index contributed by atoms with van der Waals surface area (Å²) in [7, 11) is 1.78. The minimum atomic E-state index is 0. The number of aryl methyl sites for hydroxylation is 2. The quantitative estimate of drug-likeness (QED) is 0.296. The lowest BCUT2D eigenvalue weighted by molar-refractivity contribution is 0.758. The number of hydrogen-bond acceptors (Lipinski definition) is 2. The molecular weight excluding hydrogens is 487 g/mol. The maximum absolute atomic E-state index is 11.8. The van der Waals surface area contributed by atoms with Crippen molar-refractivity contribution < 1.29 is 0 Å². The molecule has 158 valence electrons. The lowest BCUT2D eigenvalue weighted by Crippen LogP contribution is -2.36. The van der Waals surface area contributed by atoms with Crippen LogP contribution in [0.3, 0.4) is 0 Å². The first-order chi connectivity index (χ1) is 14.0. The zero-order valence-corrected chi connectivity index (χ0v) is 20.0. The van der Waals surface area contributed by atoms with Crippen LogP contribution in [0.4, 0.5) is 0 Å². The number of rotatable bonds is 6. The van der Waals surface area contributed by atoms with Crippen LogP contribution in [0.25, 0.3) is 0 Å². The fourth-order valence-electron chi connectivity index (χ4n) is 3.18. The van der Waals surface area contributed by atoms with Crippen LogP contribution in [-0.2, 0) is 19.6 Å². The van der Waals surface area contributed by atoms with Gasteiger partial charge in [0.2, 0.25) is 0 Å². The summed E-state index contributed by atoms with van der Waals surface area (Å²) < 4.78 is 1.70. The number of hydrogen-bond donors (Lipinski definition) is 2. The van der Waals surface area contributed by atoms with Crippen molar-refractivity contribution in [3.8, 4) is 0 Å². The third-order valence-electron chi connectivity index (χ3n) is 4.90. The molecule has 0 aliphatic rings. The van der Waals surface area contributed by atoms with Crippen molar-refractivity contribution in [3.63, 3.8) is 0 Å². The summed E-state index contributed by atoms with van der Waals surface area (Å²) in [6, 6.07) is 20.0. The van der Waals surface area contributed by atoms with Crippen LogP contribution >= 0.6 is 24.0 Å². The predicted octanol–water partition coefficient (Wildman–Crippen LogP) is 4.00. The minimum absolute atomic E-state index is 0. The van der Waals surface area contributed by atoms with Crippen molar-refractivity contribution in [2.24, 2.45) is 4.99 Å². The van der Waals surface area contributed by atoms with E-state index in [9.17, 15) is 4.79 Å². The van der Waals surface area contributed by atoms with E-state index in [1.165, 1.54) is 16.7 Å². The molecule has 5 nitrogen and oxygen atoms in total. The van der Waals surface area contributed by atoms with Gasteiger partial charge in [0.05, 0.1) is 6.54 Å². The van der Waals surface area contributed by atoms with Gasteiger partial charge in [0.25, 0.3) is 5.56 Å². The lowest BCUT2D eigenvalue weighted by atomic mass is 10.1. The van der Waals surface area contributed by atoms with Gasteiger partial charge in [-0.05, 0) is 42.2 Å². The van der Waals surface area contributed by atoms with Crippen molar-refractivity contribution in [1.82, 2.24) is 15.2 Å². The molecule has 0 bridgehead atoms. The fraction of sp³-hybridized carbons (Fsp3) is 0.250. The highest BCUT2D eigenvalue weighted by molar-refractivity contribution is 14.0. The van der Waals surface area contributed by atoms with Gasteiger partial charge in [-0.2, -0.15) is 0 Å². The van der Waals surface area contributed by atoms with Crippen LogP contribution in [0.1, 0.15) is 27.8 Å². The van der Waals surface area contributed by atoms with Crippen LogP contribution in [-0.4, -0.2) is 17.6 Å². The van der Waals surface area contributed by atoms with E-state index in [-0.39, 0.29) is 29.5 Å². The molecule has 0 radical (unpaired) electrons. The summed E-state index contributed by atoms with van der Waals surface area (Å²) in [5.41, 5.74) is 6.08. The Morgan fingerprint density at radius 2 is 1.63 bits per heavy atom. The number of aromatic nitrogens is 1. The molecule has 2 N–H and O–H groups in total. The number of aliphatic imine (C=N–C) groups is 1. The van der Waals surface area contributed by atoms with Gasteiger partial charge >= 0.3 is 0 Å². The molecule has 0 fully saturated rings. The maximum Gasteiger partial charge on any atom is 0.250 e. The van der Waals surface area contributed by atoms with E-state index in [1.54, 1.807) is 23.7 Å². The van der Waals surface area contributed by atoms with Gasteiger partial charge in [0.1, 0.15) is 0 Å². The van der Waals surface area contributed by atoms with Crippen LogP contribution in [0, 0.1) is 13.8 Å². The topological polar surface area (TPSA) is 58.4 Å². The molecule has 0 saturated heterocycles. The fourth-order valence-corrected chi connectivity index (χ4v) is 3.18. The molecular formula is C24H29IN4O. The predicted molar refractivity (Wildman–Crippen MR) is 135 cm³/mol. The Labute approximate surface area is 195 Å². The lowest BCUT2D eigenvalue weighted by Gasteiger charge is -2.14. The van der Waals surface area contributed by atoms with Crippen LogP contribution < -0.4 is 16.2 Å². The largest absolute Gasteiger partial charge is 0.352 e. The van der Waals surface area contributed by atoms with E-state index in [0.717, 1.165) is 23.6 Å². The summed E-state index contributed by atoms with van der Waals surface area (Å²) >= 11 is 0. The van der Waals surface area contributed by atoms with E-state index in [2.05, 4.69) is 71.9 Å². The number of guanidine groups is 1. The molecule has 0 amide bonds. The van der Waals surface area contributed by atoms with E-state index < -0.39 is 0 Å². The molecule has 0 aliphatic heterocycles. The number of halogens is 1. The SMILES string of the molecule is CN=C(NCc1ccc(Cn2ccccc2=O)cc1)NCc1ccc(C)cc1C.I. The molecule has 30 heavy (non-hydrogen) atoms. The summed E-state index contributed by atoms with van der Waals surface area (Å²) in [6.07, 6.45) is 1.81. The molecule has 3 rings (SSSR count). The highest BCUT2D eigenvalue weighted by Crippen LogP contribution is 2.10. The second-order valence-electron chi connectivity index (χ2n) is 7.19. The van der Waals surface area contributed by atoms with Gasteiger partial charge in [0, 0.05) is 32.4 Å². The Morgan fingerprint density at radius 3 is 2.30 bits per heavy atom. The zero-order valence-electron chi connectivity index (χ0n) is 17.7. The van der Waals surface area contributed by atoms with Gasteiger partial charge < -0.3 is 15.2 Å². The second kappa shape index (κ2) is 11.5. The van der Waals surface area contributed by atoms with Crippen molar-refractivity contribution in [1.29, 1.82) is 0 Å². The first-order valence-corrected chi connectivity index (χ1v) is 9.79. The Bertz CT molecular complexity index is 1040. The molecule has 0 unspecified atom stereocenters. The Balaban J connectivity index is 0.00000320. The van der Waals surface area contributed by atoms with E-state index in [0.29, 0.717) is 13.1 Å². The summed E-state index contributed by atoms with van der Waals surface area (Å²) in [6.45, 7) is 6.22. The summed E-state index contributed by atoms with van der Waals surface area (Å²) in [4.78, 5) is 16.1. The number of nitrogens with zero attached hydrogens (tertiary/aromatic N) is 2. The normalized spacial score (nSPS) is 11.0. The standard InChI is InChI=1S/C24H28N4O.HI/c1-18-7-12-22(19(2)14-18)16-27-24(25-3)26-15-20-8-10-21(11-9-20)17-28-13-5-4-6-23(28)29;/h4-14H,15-17H2,1-3H3,(H2,25,26,27);1H. The Morgan fingerprint density at radius 1 is 0.933 bits per heavy atom. The summed E-state index contributed by atoms with van der Waals surface area (Å²) in [5, 5.41) is 6.72. The molecule has 0 aliphatic carbocycles. The molecule has 0 spiro atoms. The van der Waals surface area contributed by atoms with Crippen LogP contribution in [0.15, 0.2) is 76.6 Å². The molecule has 2 aromatic carbocycles. The average molecular weight is 516 g/mol. The molecule has 0 saturated carbocycles. The first-order valence-electron chi connectivity index (χ1n) is 9.79. The van der Waals surface area contributed by atoms with Crippen molar-refractivity contribution in [2.75, 3.05) is 7.05 Å². The average Bonchev–Trinajstić information content (AvgIpc) is 2.72. The van der Waals surface area contributed by atoms with Crippen LogP contribution in [0.5, 0.6) is 0 Å². The molecule has 0 atom stereocenters. The maximum atomic E-state index is 11.8. The van der Waals surface area contributed by atoms with Gasteiger partial charge in [-0.25, -0.2) is 0 Å². The number of nitrogens with one attached hydrogen (secondary N) is 2. The van der Waals surface area contributed by atoms with Crippen molar-refractivity contribution in [2.45, 2.75) is 33.5 Å². The van der Waals surface area contributed by atoms with Crippen molar-refractivity contribution >= 4 is 29.9 Å². The third-order valence-corrected chi connectivity index (χ3v) is 4.90. The third kappa shape index (κ3) is 6.73. The van der Waals surface area contributed by atoms with E-state index >= 15 is 0 Å². The zero-order chi connectivity index (χ0) is 20.6.